The van der Waals surface area contributed by atoms with Gasteiger partial charge < -0.3 is 9.64 Å². The Bertz CT molecular complexity index is 440. The van der Waals surface area contributed by atoms with Gasteiger partial charge in [0.2, 0.25) is 0 Å². The van der Waals surface area contributed by atoms with E-state index in [-0.39, 0.29) is 0 Å². The van der Waals surface area contributed by atoms with Gasteiger partial charge in [0.25, 0.3) is 0 Å². The standard InChI is InChI=1S/C15H22N2OS/c1-12(2)11-17(8-9-18-3)14-6-5-7-15(19-4)13(14)10-16/h5-7,12H,8-9,11H2,1-4H3. The summed E-state index contributed by atoms with van der Waals surface area (Å²) in [6, 6.07) is 8.38. The summed E-state index contributed by atoms with van der Waals surface area (Å²) in [6.45, 7) is 6.77. The van der Waals surface area contributed by atoms with Gasteiger partial charge in [0.1, 0.15) is 6.07 Å². The Kier molecular flexibility index (Phi) is 6.75. The minimum atomic E-state index is 0.543. The van der Waals surface area contributed by atoms with Crippen LogP contribution in [0.4, 0.5) is 5.69 Å². The third-order valence-corrected chi connectivity index (χ3v) is 3.61. The van der Waals surface area contributed by atoms with E-state index in [2.05, 4.69) is 24.8 Å². The highest BCUT2D eigenvalue weighted by Gasteiger charge is 2.15. The molecule has 3 nitrogen and oxygen atoms in total. The second kappa shape index (κ2) is 8.08. The molecule has 4 heteroatoms. The first kappa shape index (κ1) is 15.9. The first-order chi connectivity index (χ1) is 9.13. The van der Waals surface area contributed by atoms with Crippen LogP contribution in [0.1, 0.15) is 19.4 Å². The average Bonchev–Trinajstić information content (AvgIpc) is 2.41. The van der Waals surface area contributed by atoms with Gasteiger partial charge in [0.05, 0.1) is 17.9 Å². The molecule has 0 aromatic heterocycles. The van der Waals surface area contributed by atoms with Crippen LogP contribution >= 0.6 is 11.8 Å². The van der Waals surface area contributed by atoms with Gasteiger partial charge in [-0.2, -0.15) is 5.26 Å². The summed E-state index contributed by atoms with van der Waals surface area (Å²) in [6.07, 6.45) is 2.00. The quantitative estimate of drug-likeness (QED) is 0.716. The molecule has 0 spiro atoms. The predicted molar refractivity (Wildman–Crippen MR) is 81.9 cm³/mol. The van der Waals surface area contributed by atoms with Gasteiger partial charge in [-0.25, -0.2) is 0 Å². The molecule has 0 fully saturated rings. The van der Waals surface area contributed by atoms with Gasteiger partial charge in [0, 0.05) is 25.1 Å². The van der Waals surface area contributed by atoms with E-state index in [4.69, 9.17) is 4.74 Å². The Morgan fingerprint density at radius 2 is 2.16 bits per heavy atom. The number of nitrogens with zero attached hydrogens (tertiary/aromatic N) is 2. The van der Waals surface area contributed by atoms with E-state index in [1.807, 2.05) is 24.5 Å². The number of thioether (sulfide) groups is 1. The molecule has 0 aliphatic heterocycles. The number of benzene rings is 1. The molecule has 0 saturated heterocycles. The van der Waals surface area contributed by atoms with Crippen molar-refractivity contribution in [2.45, 2.75) is 18.7 Å². The zero-order valence-corrected chi connectivity index (χ0v) is 13.0. The molecule has 1 aromatic carbocycles. The van der Waals surface area contributed by atoms with Crippen LogP contribution in [0, 0.1) is 17.2 Å². The van der Waals surface area contributed by atoms with Crippen LogP contribution in [-0.4, -0.2) is 33.1 Å². The Hall–Kier alpha value is -1.18. The zero-order chi connectivity index (χ0) is 14.3. The lowest BCUT2D eigenvalue weighted by Crippen LogP contribution is -2.31. The van der Waals surface area contributed by atoms with Crippen molar-refractivity contribution in [2.75, 3.05) is 38.0 Å². The van der Waals surface area contributed by atoms with Crippen LogP contribution in [0.25, 0.3) is 0 Å². The van der Waals surface area contributed by atoms with Gasteiger partial charge in [-0.1, -0.05) is 19.9 Å². The van der Waals surface area contributed by atoms with Crippen molar-refractivity contribution in [1.29, 1.82) is 5.26 Å². The molecule has 0 bridgehead atoms. The lowest BCUT2D eigenvalue weighted by atomic mass is 10.1. The highest BCUT2D eigenvalue weighted by molar-refractivity contribution is 7.98. The molecule has 104 valence electrons. The van der Waals surface area contributed by atoms with E-state index >= 15 is 0 Å². The summed E-state index contributed by atoms with van der Waals surface area (Å²) in [5.41, 5.74) is 1.78. The molecular formula is C15H22N2OS. The molecule has 0 aliphatic rings. The second-order valence-corrected chi connectivity index (χ2v) is 5.65. The van der Waals surface area contributed by atoms with Crippen LogP contribution in [0.3, 0.4) is 0 Å². The molecule has 0 N–H and O–H groups in total. The van der Waals surface area contributed by atoms with Gasteiger partial charge in [0.15, 0.2) is 0 Å². The minimum Gasteiger partial charge on any atom is -0.383 e. The smallest absolute Gasteiger partial charge is 0.103 e. The number of hydrogen-bond acceptors (Lipinski definition) is 4. The van der Waals surface area contributed by atoms with Gasteiger partial charge >= 0.3 is 0 Å². The third-order valence-electron chi connectivity index (χ3n) is 2.83. The summed E-state index contributed by atoms with van der Waals surface area (Å²) in [5, 5.41) is 9.42. The third kappa shape index (κ3) is 4.45. The van der Waals surface area contributed by atoms with Crippen molar-refractivity contribution in [2.24, 2.45) is 5.92 Å². The molecule has 0 aliphatic carbocycles. The van der Waals surface area contributed by atoms with E-state index in [1.54, 1.807) is 18.9 Å². The first-order valence-corrected chi connectivity index (χ1v) is 7.67. The van der Waals surface area contributed by atoms with Crippen molar-refractivity contribution < 1.29 is 4.74 Å². The van der Waals surface area contributed by atoms with E-state index in [1.165, 1.54) is 0 Å². The molecule has 0 saturated carbocycles. The van der Waals surface area contributed by atoms with E-state index in [9.17, 15) is 5.26 Å². The van der Waals surface area contributed by atoms with Crippen LogP contribution in [0.2, 0.25) is 0 Å². The zero-order valence-electron chi connectivity index (χ0n) is 12.1. The van der Waals surface area contributed by atoms with Crippen molar-refractivity contribution in [3.05, 3.63) is 23.8 Å². The number of ether oxygens (including phenoxy) is 1. The molecule has 0 unspecified atom stereocenters. The molecule has 0 radical (unpaired) electrons. The topological polar surface area (TPSA) is 36.3 Å². The summed E-state index contributed by atoms with van der Waals surface area (Å²) < 4.78 is 5.18. The number of nitriles is 1. The lowest BCUT2D eigenvalue weighted by Gasteiger charge is -2.27. The van der Waals surface area contributed by atoms with Crippen molar-refractivity contribution >= 4 is 17.4 Å². The summed E-state index contributed by atoms with van der Waals surface area (Å²) in [7, 11) is 1.71. The monoisotopic (exact) mass is 278 g/mol. The summed E-state index contributed by atoms with van der Waals surface area (Å²) in [4.78, 5) is 3.28. The molecule has 1 aromatic rings. The predicted octanol–water partition coefficient (Wildman–Crippen LogP) is 3.39. The number of hydrogen-bond donors (Lipinski definition) is 0. The van der Waals surface area contributed by atoms with Crippen LogP contribution in [0.5, 0.6) is 0 Å². The Morgan fingerprint density at radius 3 is 2.68 bits per heavy atom. The fourth-order valence-electron chi connectivity index (χ4n) is 2.02. The molecule has 1 rings (SSSR count). The normalized spacial score (nSPS) is 10.5. The van der Waals surface area contributed by atoms with Gasteiger partial charge in [-0.05, 0) is 24.3 Å². The van der Waals surface area contributed by atoms with E-state index in [0.717, 1.165) is 29.2 Å². The summed E-state index contributed by atoms with van der Waals surface area (Å²) in [5.74, 6) is 0.543. The van der Waals surface area contributed by atoms with Crippen molar-refractivity contribution in [1.82, 2.24) is 0 Å². The maximum absolute atomic E-state index is 9.42. The molecule has 19 heavy (non-hydrogen) atoms. The number of methoxy groups -OCH3 is 1. The molecule has 0 atom stereocenters. The van der Waals surface area contributed by atoms with E-state index in [0.29, 0.717) is 12.5 Å². The molecule has 0 amide bonds. The fraction of sp³-hybridized carbons (Fsp3) is 0.533. The van der Waals surface area contributed by atoms with E-state index < -0.39 is 0 Å². The SMILES string of the molecule is COCCN(CC(C)C)c1cccc(SC)c1C#N. The lowest BCUT2D eigenvalue weighted by molar-refractivity contribution is 0.204. The summed E-state index contributed by atoms with van der Waals surface area (Å²) >= 11 is 1.61. The van der Waals surface area contributed by atoms with Crippen molar-refractivity contribution in [3.8, 4) is 6.07 Å². The average molecular weight is 278 g/mol. The largest absolute Gasteiger partial charge is 0.383 e. The molecular weight excluding hydrogens is 256 g/mol. The Labute approximate surface area is 120 Å². The number of rotatable bonds is 7. The highest BCUT2D eigenvalue weighted by Crippen LogP contribution is 2.29. The maximum Gasteiger partial charge on any atom is 0.103 e. The van der Waals surface area contributed by atoms with Crippen LogP contribution < -0.4 is 4.90 Å². The fourth-order valence-corrected chi connectivity index (χ4v) is 2.59. The van der Waals surface area contributed by atoms with Crippen LogP contribution in [0.15, 0.2) is 23.1 Å². The van der Waals surface area contributed by atoms with Crippen LogP contribution in [-0.2, 0) is 4.74 Å². The highest BCUT2D eigenvalue weighted by atomic mass is 32.2. The first-order valence-electron chi connectivity index (χ1n) is 6.45. The maximum atomic E-state index is 9.42. The van der Waals surface area contributed by atoms with Gasteiger partial charge in [-0.15, -0.1) is 11.8 Å². The number of anilines is 1. The molecule has 0 heterocycles. The minimum absolute atomic E-state index is 0.543. The van der Waals surface area contributed by atoms with Crippen molar-refractivity contribution in [3.63, 3.8) is 0 Å². The second-order valence-electron chi connectivity index (χ2n) is 4.80. The van der Waals surface area contributed by atoms with Gasteiger partial charge in [-0.3, -0.25) is 0 Å². The Balaban J connectivity index is 3.10. The Morgan fingerprint density at radius 1 is 1.42 bits per heavy atom.